The fraction of sp³-hybridized carbons (Fsp3) is 0.500. The van der Waals surface area contributed by atoms with E-state index in [1.807, 2.05) is 25.1 Å². The minimum Gasteiger partial charge on any atom is -0.494 e. The van der Waals surface area contributed by atoms with Gasteiger partial charge in [0.2, 0.25) is 0 Å². The number of hydrogen-bond donors (Lipinski definition) is 0. The number of imidazole rings is 1. The van der Waals surface area contributed by atoms with Gasteiger partial charge in [0.05, 0.1) is 12.6 Å². The van der Waals surface area contributed by atoms with Crippen LogP contribution in [-0.4, -0.2) is 38.3 Å². The molecule has 0 aliphatic heterocycles. The Labute approximate surface area is 126 Å². The standard InChI is InChI=1S/C14H19ClN2O2S/c1-10(20(3)18)9-17-11-5-4-6-12(19-2)14(11)16-13(17)7-8-15/h4-6,10H,7-9H2,1-3H3. The number of aryl methyl sites for hydroxylation is 1. The average Bonchev–Trinajstić information content (AvgIpc) is 2.77. The summed E-state index contributed by atoms with van der Waals surface area (Å²) in [4.78, 5) is 4.64. The number of aromatic nitrogens is 2. The third-order valence-corrected chi connectivity index (χ3v) is 4.84. The van der Waals surface area contributed by atoms with Gasteiger partial charge in [-0.05, 0) is 19.1 Å². The SMILES string of the molecule is COc1cccc2c1nc(CCCl)n2CC(C)S(C)=O. The Morgan fingerprint density at radius 2 is 2.25 bits per heavy atom. The van der Waals surface area contributed by atoms with E-state index in [4.69, 9.17) is 16.3 Å². The van der Waals surface area contributed by atoms with Crippen molar-refractivity contribution in [2.24, 2.45) is 0 Å². The summed E-state index contributed by atoms with van der Waals surface area (Å²) in [6.45, 7) is 2.64. The lowest BCUT2D eigenvalue weighted by atomic mass is 10.3. The van der Waals surface area contributed by atoms with Crippen LogP contribution in [0.15, 0.2) is 18.2 Å². The maximum atomic E-state index is 11.6. The topological polar surface area (TPSA) is 44.1 Å². The van der Waals surface area contributed by atoms with Gasteiger partial charge in [-0.1, -0.05) is 6.07 Å². The normalized spacial score (nSPS) is 14.4. The first kappa shape index (κ1) is 15.3. The Hall–Kier alpha value is -1.07. The van der Waals surface area contributed by atoms with Crippen molar-refractivity contribution in [3.63, 3.8) is 0 Å². The highest BCUT2D eigenvalue weighted by Gasteiger charge is 2.16. The molecule has 2 atom stereocenters. The third-order valence-electron chi connectivity index (χ3n) is 3.37. The zero-order valence-electron chi connectivity index (χ0n) is 11.9. The fourth-order valence-corrected chi connectivity index (χ4v) is 2.70. The number of ether oxygens (including phenoxy) is 1. The Morgan fingerprint density at radius 1 is 1.50 bits per heavy atom. The Kier molecular flexibility index (Phi) is 5.05. The van der Waals surface area contributed by atoms with Crippen LogP contribution in [0.3, 0.4) is 0 Å². The van der Waals surface area contributed by atoms with Crippen LogP contribution in [0.4, 0.5) is 0 Å². The second kappa shape index (κ2) is 6.59. The van der Waals surface area contributed by atoms with Crippen LogP contribution in [0, 0.1) is 0 Å². The van der Waals surface area contributed by atoms with Crippen LogP contribution in [-0.2, 0) is 23.8 Å². The van der Waals surface area contributed by atoms with Gasteiger partial charge < -0.3 is 9.30 Å². The minimum absolute atomic E-state index is 0.0627. The first-order chi connectivity index (χ1) is 9.58. The Balaban J connectivity index is 2.54. The molecule has 0 spiro atoms. The largest absolute Gasteiger partial charge is 0.494 e. The number of para-hydroxylation sites is 1. The van der Waals surface area contributed by atoms with E-state index in [0.717, 1.165) is 22.6 Å². The molecule has 0 saturated carbocycles. The summed E-state index contributed by atoms with van der Waals surface area (Å²) >= 11 is 5.86. The minimum atomic E-state index is -0.870. The molecule has 0 fully saturated rings. The van der Waals surface area contributed by atoms with Gasteiger partial charge in [0.15, 0.2) is 0 Å². The van der Waals surface area contributed by atoms with Crippen molar-refractivity contribution in [1.82, 2.24) is 9.55 Å². The molecule has 1 aromatic carbocycles. The van der Waals surface area contributed by atoms with Gasteiger partial charge in [-0.15, -0.1) is 11.6 Å². The molecule has 110 valence electrons. The predicted molar refractivity (Wildman–Crippen MR) is 84.2 cm³/mol. The van der Waals surface area contributed by atoms with Crippen LogP contribution < -0.4 is 4.74 Å². The average molecular weight is 315 g/mol. The van der Waals surface area contributed by atoms with Crippen molar-refractivity contribution in [3.8, 4) is 5.75 Å². The zero-order chi connectivity index (χ0) is 14.7. The summed E-state index contributed by atoms with van der Waals surface area (Å²) in [7, 11) is 0.768. The first-order valence-electron chi connectivity index (χ1n) is 6.48. The van der Waals surface area contributed by atoms with Crippen LogP contribution in [0.25, 0.3) is 11.0 Å². The number of nitrogens with zero attached hydrogens (tertiary/aromatic N) is 2. The monoisotopic (exact) mass is 314 g/mol. The molecular weight excluding hydrogens is 296 g/mol. The van der Waals surface area contributed by atoms with E-state index in [-0.39, 0.29) is 5.25 Å². The lowest BCUT2D eigenvalue weighted by Gasteiger charge is -2.13. The molecule has 1 aromatic heterocycles. The summed E-state index contributed by atoms with van der Waals surface area (Å²) < 4.78 is 19.1. The highest BCUT2D eigenvalue weighted by molar-refractivity contribution is 7.84. The van der Waals surface area contributed by atoms with Crippen LogP contribution in [0.5, 0.6) is 5.75 Å². The molecule has 2 aromatic rings. The van der Waals surface area contributed by atoms with Crippen molar-refractivity contribution in [3.05, 3.63) is 24.0 Å². The molecule has 20 heavy (non-hydrogen) atoms. The van der Waals surface area contributed by atoms with Crippen LogP contribution >= 0.6 is 11.6 Å². The molecule has 0 amide bonds. The summed E-state index contributed by atoms with van der Waals surface area (Å²) in [6.07, 6.45) is 2.41. The van der Waals surface area contributed by atoms with Gasteiger partial charge in [-0.2, -0.15) is 0 Å². The molecule has 0 bridgehead atoms. The van der Waals surface area contributed by atoms with Crippen molar-refractivity contribution >= 4 is 33.4 Å². The van der Waals surface area contributed by atoms with Crippen LogP contribution in [0.2, 0.25) is 0 Å². The number of rotatable bonds is 6. The van der Waals surface area contributed by atoms with E-state index in [1.165, 1.54) is 0 Å². The number of benzene rings is 1. The summed E-state index contributed by atoms with van der Waals surface area (Å²) in [5.41, 5.74) is 1.84. The lowest BCUT2D eigenvalue weighted by molar-refractivity contribution is 0.419. The van der Waals surface area contributed by atoms with Gasteiger partial charge in [-0.3, -0.25) is 4.21 Å². The number of methoxy groups -OCH3 is 1. The molecule has 0 radical (unpaired) electrons. The molecular formula is C14H19ClN2O2S. The Morgan fingerprint density at radius 3 is 2.85 bits per heavy atom. The first-order valence-corrected chi connectivity index (χ1v) is 8.64. The molecule has 0 saturated heterocycles. The van der Waals surface area contributed by atoms with Gasteiger partial charge in [0, 0.05) is 41.2 Å². The van der Waals surface area contributed by atoms with Gasteiger partial charge in [-0.25, -0.2) is 4.98 Å². The maximum Gasteiger partial charge on any atom is 0.146 e. The van der Waals surface area contributed by atoms with Crippen molar-refractivity contribution in [1.29, 1.82) is 0 Å². The molecule has 4 nitrogen and oxygen atoms in total. The lowest BCUT2D eigenvalue weighted by Crippen LogP contribution is -2.19. The van der Waals surface area contributed by atoms with Gasteiger partial charge in [0.25, 0.3) is 0 Å². The summed E-state index contributed by atoms with van der Waals surface area (Å²) in [5, 5.41) is 0.0627. The molecule has 0 aliphatic rings. The Bertz CT molecular complexity index is 627. The number of fused-ring (bicyclic) bond motifs is 1. The van der Waals surface area contributed by atoms with E-state index in [2.05, 4.69) is 9.55 Å². The van der Waals surface area contributed by atoms with E-state index in [1.54, 1.807) is 13.4 Å². The van der Waals surface area contributed by atoms with Gasteiger partial charge >= 0.3 is 0 Å². The van der Waals surface area contributed by atoms with E-state index in [9.17, 15) is 4.21 Å². The zero-order valence-corrected chi connectivity index (χ0v) is 13.5. The molecule has 2 rings (SSSR count). The quantitative estimate of drug-likeness (QED) is 0.770. The van der Waals surface area contributed by atoms with Crippen molar-refractivity contribution in [2.45, 2.75) is 25.1 Å². The van der Waals surface area contributed by atoms with Crippen molar-refractivity contribution in [2.75, 3.05) is 19.2 Å². The number of halogens is 1. The van der Waals surface area contributed by atoms with Crippen molar-refractivity contribution < 1.29 is 8.95 Å². The second-order valence-electron chi connectivity index (χ2n) is 4.71. The molecule has 1 heterocycles. The highest BCUT2D eigenvalue weighted by Crippen LogP contribution is 2.26. The van der Waals surface area contributed by atoms with Crippen LogP contribution in [0.1, 0.15) is 12.7 Å². The maximum absolute atomic E-state index is 11.6. The molecule has 0 aliphatic carbocycles. The highest BCUT2D eigenvalue weighted by atomic mass is 35.5. The summed E-state index contributed by atoms with van der Waals surface area (Å²) in [6, 6.07) is 5.84. The van der Waals surface area contributed by atoms with E-state index >= 15 is 0 Å². The predicted octanol–water partition coefficient (Wildman–Crippen LogP) is 2.59. The smallest absolute Gasteiger partial charge is 0.146 e. The number of alkyl halides is 1. The second-order valence-corrected chi connectivity index (χ2v) is 6.89. The third kappa shape index (κ3) is 2.99. The molecule has 6 heteroatoms. The van der Waals surface area contributed by atoms with E-state index in [0.29, 0.717) is 18.8 Å². The molecule has 2 unspecified atom stereocenters. The molecule has 0 N–H and O–H groups in total. The van der Waals surface area contributed by atoms with E-state index < -0.39 is 10.8 Å². The number of hydrogen-bond acceptors (Lipinski definition) is 3. The fourth-order valence-electron chi connectivity index (χ4n) is 2.18. The van der Waals surface area contributed by atoms with Gasteiger partial charge in [0.1, 0.15) is 17.1 Å². The summed E-state index contributed by atoms with van der Waals surface area (Å²) in [5.74, 6) is 2.18.